The molecular weight excluding hydrogens is 285 g/mol. The molecule has 0 bridgehead atoms. The minimum Gasteiger partial charge on any atom is -0.465 e. The summed E-state index contributed by atoms with van der Waals surface area (Å²) in [5, 5.41) is 9.14. The number of nitrogens with zero attached hydrogens (tertiary/aromatic N) is 2. The predicted octanol–water partition coefficient (Wildman–Crippen LogP) is 3.28. The van der Waals surface area contributed by atoms with E-state index in [1.807, 2.05) is 4.90 Å². The number of piperazine rings is 1. The van der Waals surface area contributed by atoms with Gasteiger partial charge in [-0.15, -0.1) is 0 Å². The molecule has 21 heavy (non-hydrogen) atoms. The van der Waals surface area contributed by atoms with E-state index in [0.29, 0.717) is 18.8 Å². The average Bonchev–Trinajstić information content (AvgIpc) is 2.36. The van der Waals surface area contributed by atoms with E-state index in [9.17, 15) is 18.0 Å². The number of benzene rings is 1. The molecule has 1 N–H and O–H groups in total. The molecule has 0 saturated carbocycles. The normalized spacial score (nSPS) is 23.3. The smallest absolute Gasteiger partial charge is 0.416 e. The molecule has 0 radical (unpaired) electrons. The maximum atomic E-state index is 12.5. The van der Waals surface area contributed by atoms with E-state index in [2.05, 4.69) is 0 Å². The number of hydrogen-bond donors (Lipinski definition) is 1. The highest BCUT2D eigenvalue weighted by Crippen LogP contribution is 2.31. The molecule has 7 heteroatoms. The maximum absolute atomic E-state index is 12.5. The third-order valence-electron chi connectivity index (χ3n) is 3.70. The summed E-state index contributed by atoms with van der Waals surface area (Å²) >= 11 is 0. The van der Waals surface area contributed by atoms with Gasteiger partial charge in [0.05, 0.1) is 17.6 Å². The van der Waals surface area contributed by atoms with Crippen molar-refractivity contribution >= 4 is 11.8 Å². The summed E-state index contributed by atoms with van der Waals surface area (Å²) in [6.07, 6.45) is -5.32. The molecule has 0 unspecified atom stereocenters. The van der Waals surface area contributed by atoms with Crippen molar-refractivity contribution in [3.8, 4) is 0 Å². The predicted molar refractivity (Wildman–Crippen MR) is 72.4 cm³/mol. The second-order valence-corrected chi connectivity index (χ2v) is 5.34. The summed E-state index contributed by atoms with van der Waals surface area (Å²) < 4.78 is 37.6. The van der Waals surface area contributed by atoms with E-state index in [0.717, 1.165) is 12.1 Å². The van der Waals surface area contributed by atoms with Crippen LogP contribution in [-0.4, -0.2) is 41.3 Å². The van der Waals surface area contributed by atoms with Crippen LogP contribution in [0.5, 0.6) is 0 Å². The number of carbonyl (C=O) groups is 1. The Labute approximate surface area is 120 Å². The number of amides is 1. The lowest BCUT2D eigenvalue weighted by atomic mass is 10.1. The zero-order valence-electron chi connectivity index (χ0n) is 11.8. The molecule has 1 saturated heterocycles. The van der Waals surface area contributed by atoms with Gasteiger partial charge >= 0.3 is 12.3 Å². The van der Waals surface area contributed by atoms with Gasteiger partial charge in [0.15, 0.2) is 0 Å². The lowest BCUT2D eigenvalue weighted by Crippen LogP contribution is -2.58. The van der Waals surface area contributed by atoms with Crippen molar-refractivity contribution in [3.63, 3.8) is 0 Å². The lowest BCUT2D eigenvalue weighted by Gasteiger charge is -2.43. The van der Waals surface area contributed by atoms with Crippen molar-refractivity contribution in [2.45, 2.75) is 32.1 Å². The van der Waals surface area contributed by atoms with Crippen molar-refractivity contribution in [1.82, 2.24) is 4.90 Å². The highest BCUT2D eigenvalue weighted by Gasteiger charge is 2.34. The van der Waals surface area contributed by atoms with Gasteiger partial charge in [-0.3, -0.25) is 4.90 Å². The van der Waals surface area contributed by atoms with Crippen molar-refractivity contribution in [2.75, 3.05) is 18.0 Å². The van der Waals surface area contributed by atoms with Gasteiger partial charge in [-0.25, -0.2) is 4.79 Å². The molecule has 2 atom stereocenters. The van der Waals surface area contributed by atoms with Gasteiger partial charge in [-0.1, -0.05) is 0 Å². The Kier molecular flexibility index (Phi) is 4.02. The third-order valence-corrected chi connectivity index (χ3v) is 3.70. The van der Waals surface area contributed by atoms with Crippen molar-refractivity contribution in [2.24, 2.45) is 0 Å². The molecule has 116 valence electrons. The minimum absolute atomic E-state index is 0.214. The van der Waals surface area contributed by atoms with Crippen LogP contribution in [0.2, 0.25) is 0 Å². The molecule has 1 aromatic rings. The van der Waals surface area contributed by atoms with Crippen LogP contribution in [0.1, 0.15) is 19.4 Å². The number of halogens is 3. The van der Waals surface area contributed by atoms with Gasteiger partial charge in [-0.05, 0) is 38.1 Å². The zero-order valence-corrected chi connectivity index (χ0v) is 11.8. The van der Waals surface area contributed by atoms with Crippen LogP contribution < -0.4 is 4.90 Å². The molecule has 1 heterocycles. The molecule has 1 aliphatic rings. The fourth-order valence-corrected chi connectivity index (χ4v) is 2.77. The molecule has 1 amide bonds. The Bertz CT molecular complexity index is 504. The summed E-state index contributed by atoms with van der Waals surface area (Å²) in [6.45, 7) is 4.51. The van der Waals surface area contributed by atoms with E-state index >= 15 is 0 Å². The second-order valence-electron chi connectivity index (χ2n) is 5.34. The van der Waals surface area contributed by atoms with Crippen LogP contribution in [-0.2, 0) is 6.18 Å². The maximum Gasteiger partial charge on any atom is 0.416 e. The molecule has 0 spiro atoms. The topological polar surface area (TPSA) is 43.8 Å². The first-order chi connectivity index (χ1) is 9.70. The van der Waals surface area contributed by atoms with Gasteiger partial charge in [-0.2, -0.15) is 13.2 Å². The van der Waals surface area contributed by atoms with Crippen LogP contribution in [0, 0.1) is 0 Å². The minimum atomic E-state index is -4.35. The van der Waals surface area contributed by atoms with Crippen LogP contribution in [0.15, 0.2) is 24.3 Å². The molecule has 0 aliphatic carbocycles. The number of alkyl halides is 3. The number of hydrogen-bond acceptors (Lipinski definition) is 2. The van der Waals surface area contributed by atoms with Crippen molar-refractivity contribution in [1.29, 1.82) is 0 Å². The van der Waals surface area contributed by atoms with E-state index in [1.165, 1.54) is 17.0 Å². The Hall–Kier alpha value is -1.92. The van der Waals surface area contributed by atoms with Gasteiger partial charge < -0.3 is 10.0 Å². The van der Waals surface area contributed by atoms with E-state index in [-0.39, 0.29) is 12.1 Å². The summed E-state index contributed by atoms with van der Waals surface area (Å²) in [6, 6.07) is 4.53. The average molecular weight is 302 g/mol. The monoisotopic (exact) mass is 302 g/mol. The van der Waals surface area contributed by atoms with Gasteiger partial charge in [0.25, 0.3) is 0 Å². The first kappa shape index (κ1) is 15.5. The van der Waals surface area contributed by atoms with Crippen LogP contribution in [0.3, 0.4) is 0 Å². The second kappa shape index (κ2) is 5.46. The fraction of sp³-hybridized carbons (Fsp3) is 0.500. The quantitative estimate of drug-likeness (QED) is 0.866. The molecule has 4 nitrogen and oxygen atoms in total. The van der Waals surface area contributed by atoms with E-state index in [4.69, 9.17) is 5.11 Å². The standard InChI is InChI=1S/C14H17F3N2O2/c1-9-7-18(8-10(2)19(9)13(20)21)12-5-3-11(4-6-12)14(15,16)17/h3-6,9-10H,7-8H2,1-2H3,(H,20,21)/t9-,10+. The Morgan fingerprint density at radius 1 is 1.14 bits per heavy atom. The number of rotatable bonds is 1. The van der Waals surface area contributed by atoms with Gasteiger partial charge in [0, 0.05) is 18.8 Å². The molecular formula is C14H17F3N2O2. The van der Waals surface area contributed by atoms with Crippen LogP contribution >= 0.6 is 0 Å². The Morgan fingerprint density at radius 2 is 1.62 bits per heavy atom. The summed E-state index contributed by atoms with van der Waals surface area (Å²) in [7, 11) is 0. The van der Waals surface area contributed by atoms with E-state index in [1.54, 1.807) is 13.8 Å². The Morgan fingerprint density at radius 3 is 2.00 bits per heavy atom. The number of anilines is 1. The van der Waals surface area contributed by atoms with Crippen LogP contribution in [0.25, 0.3) is 0 Å². The molecule has 1 aromatic carbocycles. The summed E-state index contributed by atoms with van der Waals surface area (Å²) in [5.74, 6) is 0. The first-order valence-electron chi connectivity index (χ1n) is 6.63. The van der Waals surface area contributed by atoms with Gasteiger partial charge in [0.1, 0.15) is 0 Å². The molecule has 1 aliphatic heterocycles. The highest BCUT2D eigenvalue weighted by atomic mass is 19.4. The van der Waals surface area contributed by atoms with Crippen molar-refractivity contribution in [3.05, 3.63) is 29.8 Å². The molecule has 2 rings (SSSR count). The van der Waals surface area contributed by atoms with Crippen LogP contribution in [0.4, 0.5) is 23.7 Å². The SMILES string of the molecule is C[C@@H]1CN(c2ccc(C(F)(F)F)cc2)C[C@H](C)N1C(=O)O. The molecule has 0 aromatic heterocycles. The first-order valence-corrected chi connectivity index (χ1v) is 6.63. The molecule has 1 fully saturated rings. The third kappa shape index (κ3) is 3.22. The summed E-state index contributed by atoms with van der Waals surface area (Å²) in [5.41, 5.74) is -0.0109. The fourth-order valence-electron chi connectivity index (χ4n) is 2.77. The lowest BCUT2D eigenvalue weighted by molar-refractivity contribution is -0.137. The summed E-state index contributed by atoms with van der Waals surface area (Å²) in [4.78, 5) is 14.4. The largest absolute Gasteiger partial charge is 0.465 e. The van der Waals surface area contributed by atoms with Gasteiger partial charge in [0.2, 0.25) is 0 Å². The van der Waals surface area contributed by atoms with Crippen molar-refractivity contribution < 1.29 is 23.1 Å². The Balaban J connectivity index is 2.15. The number of carboxylic acid groups (broad SMARTS) is 1. The zero-order chi connectivity index (χ0) is 15.8. The van der Waals surface area contributed by atoms with E-state index < -0.39 is 17.8 Å². The highest BCUT2D eigenvalue weighted by molar-refractivity contribution is 5.66.